The van der Waals surface area contributed by atoms with E-state index in [2.05, 4.69) is 10.9 Å². The number of amides is 4. The van der Waals surface area contributed by atoms with Gasteiger partial charge in [0.25, 0.3) is 5.91 Å². The fourth-order valence-electron chi connectivity index (χ4n) is 3.53. The minimum Gasteiger partial charge on any atom is -0.497 e. The number of nitrogens with one attached hydrogen (secondary N) is 2. The highest BCUT2D eigenvalue weighted by Crippen LogP contribution is 2.36. The molecule has 0 aromatic heterocycles. The van der Waals surface area contributed by atoms with E-state index in [0.29, 0.717) is 18.6 Å². The van der Waals surface area contributed by atoms with Gasteiger partial charge in [0.2, 0.25) is 17.7 Å². The molecule has 3 rings (SSSR count). The number of carbonyl (C=O) groups is 4. The summed E-state index contributed by atoms with van der Waals surface area (Å²) in [6.07, 6.45) is 4.87. The highest BCUT2D eigenvalue weighted by molar-refractivity contribution is 6.08. The van der Waals surface area contributed by atoms with Gasteiger partial charge in [-0.2, -0.15) is 0 Å². The second-order valence-electron chi connectivity index (χ2n) is 6.94. The average Bonchev–Trinajstić information content (AvgIpc) is 2.97. The molecule has 28 heavy (non-hydrogen) atoms. The molecule has 1 aliphatic heterocycles. The zero-order valence-corrected chi connectivity index (χ0v) is 15.8. The molecule has 8 nitrogen and oxygen atoms in total. The lowest BCUT2D eigenvalue weighted by molar-refractivity contribution is -0.147. The van der Waals surface area contributed by atoms with E-state index in [4.69, 9.17) is 4.74 Å². The summed E-state index contributed by atoms with van der Waals surface area (Å²) >= 11 is 0. The molecule has 0 saturated carbocycles. The number of carbonyl (C=O) groups excluding carboxylic acids is 4. The Morgan fingerprint density at radius 1 is 1.07 bits per heavy atom. The van der Waals surface area contributed by atoms with Crippen LogP contribution in [0.2, 0.25) is 0 Å². The number of benzene rings is 1. The third-order valence-electron chi connectivity index (χ3n) is 5.16. The molecule has 4 amide bonds. The maximum atomic E-state index is 12.5. The monoisotopic (exact) mass is 385 g/mol. The van der Waals surface area contributed by atoms with Gasteiger partial charge in [-0.25, -0.2) is 0 Å². The molecule has 1 aromatic carbocycles. The number of hydrogen-bond donors (Lipinski definition) is 2. The van der Waals surface area contributed by atoms with E-state index in [9.17, 15) is 19.2 Å². The number of methoxy groups -OCH3 is 1. The topological polar surface area (TPSA) is 105 Å². The van der Waals surface area contributed by atoms with Crippen LogP contribution in [0.15, 0.2) is 36.4 Å². The molecule has 1 aromatic rings. The lowest BCUT2D eigenvalue weighted by Gasteiger charge is -2.22. The molecule has 1 heterocycles. The molecule has 8 heteroatoms. The molecule has 3 atom stereocenters. The van der Waals surface area contributed by atoms with Crippen molar-refractivity contribution < 1.29 is 23.9 Å². The first-order valence-electron chi connectivity index (χ1n) is 9.16. The maximum absolute atomic E-state index is 12.5. The van der Waals surface area contributed by atoms with Gasteiger partial charge in [0, 0.05) is 0 Å². The summed E-state index contributed by atoms with van der Waals surface area (Å²) in [5, 5.41) is 0. The highest BCUT2D eigenvalue weighted by Gasteiger charge is 2.50. The molecule has 3 unspecified atom stereocenters. The largest absolute Gasteiger partial charge is 0.497 e. The number of likely N-dealkylation sites (tertiary alicyclic amines) is 1. The summed E-state index contributed by atoms with van der Waals surface area (Å²) in [4.78, 5) is 50.5. The lowest BCUT2D eigenvalue weighted by atomic mass is 9.85. The van der Waals surface area contributed by atoms with Crippen LogP contribution in [0.4, 0.5) is 0 Å². The molecular weight excluding hydrogens is 362 g/mol. The van der Waals surface area contributed by atoms with Crippen LogP contribution in [-0.4, -0.2) is 41.7 Å². The van der Waals surface area contributed by atoms with Crippen LogP contribution < -0.4 is 15.6 Å². The molecule has 1 saturated heterocycles. The van der Waals surface area contributed by atoms with Crippen molar-refractivity contribution in [3.8, 4) is 5.75 Å². The van der Waals surface area contributed by atoms with Crippen LogP contribution in [0.25, 0.3) is 0 Å². The van der Waals surface area contributed by atoms with Gasteiger partial charge in [-0.15, -0.1) is 0 Å². The summed E-state index contributed by atoms with van der Waals surface area (Å²) in [5.74, 6) is -1.78. The zero-order valence-electron chi connectivity index (χ0n) is 15.8. The average molecular weight is 385 g/mol. The SMILES string of the molecule is COc1ccc(CC(=O)NNC(=O)C(C)N2C(=O)C3CC=CCC3C2=O)cc1. The van der Waals surface area contributed by atoms with Crippen molar-refractivity contribution >= 4 is 23.6 Å². The molecule has 0 spiro atoms. The van der Waals surface area contributed by atoms with Crippen molar-refractivity contribution in [2.75, 3.05) is 7.11 Å². The zero-order chi connectivity index (χ0) is 20.3. The van der Waals surface area contributed by atoms with Gasteiger partial charge in [-0.3, -0.25) is 34.9 Å². The normalized spacial score (nSPS) is 21.9. The molecule has 2 aliphatic rings. The van der Waals surface area contributed by atoms with E-state index in [0.717, 1.165) is 10.5 Å². The van der Waals surface area contributed by atoms with Crippen molar-refractivity contribution in [2.45, 2.75) is 32.2 Å². The van der Waals surface area contributed by atoms with Gasteiger partial charge >= 0.3 is 0 Å². The first kappa shape index (κ1) is 19.6. The van der Waals surface area contributed by atoms with E-state index in [1.54, 1.807) is 31.4 Å². The Kier molecular flexibility index (Phi) is 5.77. The van der Waals surface area contributed by atoms with Crippen molar-refractivity contribution in [3.05, 3.63) is 42.0 Å². The summed E-state index contributed by atoms with van der Waals surface area (Å²) in [5.41, 5.74) is 5.38. The van der Waals surface area contributed by atoms with Gasteiger partial charge in [0.15, 0.2) is 0 Å². The Hall–Kier alpha value is -3.16. The van der Waals surface area contributed by atoms with Crippen LogP contribution in [0.3, 0.4) is 0 Å². The number of allylic oxidation sites excluding steroid dienone is 2. The van der Waals surface area contributed by atoms with Crippen LogP contribution >= 0.6 is 0 Å². The third-order valence-corrected chi connectivity index (χ3v) is 5.16. The van der Waals surface area contributed by atoms with Gasteiger partial charge in [0.1, 0.15) is 11.8 Å². The molecule has 2 N–H and O–H groups in total. The molecule has 0 bridgehead atoms. The summed E-state index contributed by atoms with van der Waals surface area (Å²) in [7, 11) is 1.56. The number of hydrogen-bond acceptors (Lipinski definition) is 5. The number of fused-ring (bicyclic) bond motifs is 1. The van der Waals surface area contributed by atoms with Gasteiger partial charge in [-0.1, -0.05) is 24.3 Å². The smallest absolute Gasteiger partial charge is 0.261 e. The van der Waals surface area contributed by atoms with Crippen LogP contribution in [-0.2, 0) is 25.6 Å². The first-order chi connectivity index (χ1) is 13.4. The van der Waals surface area contributed by atoms with Gasteiger partial charge in [-0.05, 0) is 37.5 Å². The Morgan fingerprint density at radius 3 is 2.18 bits per heavy atom. The fourth-order valence-corrected chi connectivity index (χ4v) is 3.53. The van der Waals surface area contributed by atoms with E-state index in [1.807, 2.05) is 12.2 Å². The Balaban J connectivity index is 1.53. The summed E-state index contributed by atoms with van der Waals surface area (Å²) in [6.45, 7) is 1.48. The van der Waals surface area contributed by atoms with E-state index >= 15 is 0 Å². The predicted octanol–water partition coefficient (Wildman–Crippen LogP) is 0.725. The summed E-state index contributed by atoms with van der Waals surface area (Å²) < 4.78 is 5.06. The lowest BCUT2D eigenvalue weighted by Crippen LogP contribution is -2.53. The number of rotatable bonds is 5. The second-order valence-corrected chi connectivity index (χ2v) is 6.94. The number of nitrogens with zero attached hydrogens (tertiary/aromatic N) is 1. The van der Waals surface area contributed by atoms with Crippen molar-refractivity contribution in [1.29, 1.82) is 0 Å². The van der Waals surface area contributed by atoms with E-state index in [-0.39, 0.29) is 18.2 Å². The Morgan fingerprint density at radius 2 is 1.64 bits per heavy atom. The molecular formula is C20H23N3O5. The summed E-state index contributed by atoms with van der Waals surface area (Å²) in [6, 6.07) is 5.98. The quantitative estimate of drug-likeness (QED) is 0.442. The standard InChI is InChI=1S/C20H23N3O5/c1-12(23-19(26)15-5-3-4-6-16(15)20(23)27)18(25)22-21-17(24)11-13-7-9-14(28-2)10-8-13/h3-4,7-10,12,15-16H,5-6,11H2,1-2H3,(H,21,24)(H,22,25). The van der Waals surface area contributed by atoms with Crippen LogP contribution in [0.5, 0.6) is 5.75 Å². The third kappa shape index (κ3) is 3.90. The van der Waals surface area contributed by atoms with Crippen molar-refractivity contribution in [1.82, 2.24) is 15.8 Å². The van der Waals surface area contributed by atoms with E-state index < -0.39 is 29.7 Å². The number of imide groups is 1. The maximum Gasteiger partial charge on any atom is 0.261 e. The van der Waals surface area contributed by atoms with Gasteiger partial charge in [0.05, 0.1) is 25.4 Å². The van der Waals surface area contributed by atoms with Crippen molar-refractivity contribution in [2.24, 2.45) is 11.8 Å². The minimum absolute atomic E-state index is 0.0655. The van der Waals surface area contributed by atoms with Crippen molar-refractivity contribution in [3.63, 3.8) is 0 Å². The molecule has 1 fully saturated rings. The van der Waals surface area contributed by atoms with Crippen LogP contribution in [0, 0.1) is 11.8 Å². The Labute approximate surface area is 162 Å². The molecule has 148 valence electrons. The van der Waals surface area contributed by atoms with E-state index in [1.165, 1.54) is 6.92 Å². The highest BCUT2D eigenvalue weighted by atomic mass is 16.5. The number of hydrazine groups is 1. The van der Waals surface area contributed by atoms with Crippen LogP contribution in [0.1, 0.15) is 25.3 Å². The fraction of sp³-hybridized carbons (Fsp3) is 0.400. The second kappa shape index (κ2) is 8.24. The number of ether oxygens (including phenoxy) is 1. The Bertz CT molecular complexity index is 792. The predicted molar refractivity (Wildman–Crippen MR) is 99.7 cm³/mol. The molecule has 0 radical (unpaired) electrons. The van der Waals surface area contributed by atoms with Gasteiger partial charge < -0.3 is 4.74 Å². The first-order valence-corrected chi connectivity index (χ1v) is 9.16. The minimum atomic E-state index is -0.994. The molecule has 1 aliphatic carbocycles.